The molecule has 1 aromatic heterocycles. The number of halogens is 1. The maximum absolute atomic E-state index is 8.00. The molecule has 1 heterocycles. The summed E-state index contributed by atoms with van der Waals surface area (Å²) in [7, 11) is 1.82. The SMILES string of the molecule is C=C(c1cccc(N)c1)c1ncc(Cl)cc1NC.C=O.CCO.Cc1ccc(OC(C)C)cc1. The first kappa shape index (κ1) is 30.6. The van der Waals surface area contributed by atoms with Crippen LogP contribution in [0.4, 0.5) is 11.4 Å². The zero-order valence-electron chi connectivity index (χ0n) is 20.6. The van der Waals surface area contributed by atoms with E-state index >= 15 is 0 Å². The van der Waals surface area contributed by atoms with E-state index < -0.39 is 0 Å². The van der Waals surface area contributed by atoms with Crippen LogP contribution in [-0.4, -0.2) is 36.6 Å². The fourth-order valence-electron chi connectivity index (χ4n) is 2.62. The fraction of sp³-hybridized carbons (Fsp3) is 0.259. The van der Waals surface area contributed by atoms with Crippen molar-refractivity contribution in [3.63, 3.8) is 0 Å². The normalized spacial score (nSPS) is 9.29. The van der Waals surface area contributed by atoms with E-state index in [1.807, 2.05) is 70.1 Å². The quantitative estimate of drug-likeness (QED) is 0.382. The standard InChI is InChI=1S/C14H14ClN3.C10H14O.C2H6O.CH2O/c1-9(10-4-3-5-12(16)6-10)14-13(17-2)7-11(15)8-18-14;1-8(2)11-10-6-4-9(3)5-7-10;1-2-3;1-2/h3-8,17H,1,16H2,2H3;4-8H,1-3H3;3H,2H2,1H3;1H2. The molecule has 0 spiro atoms. The Kier molecular flexibility index (Phi) is 15.5. The number of aryl methyl sites for hydroxylation is 1. The van der Waals surface area contributed by atoms with Crippen LogP contribution in [0.25, 0.3) is 5.57 Å². The number of aliphatic hydroxyl groups is 1. The maximum atomic E-state index is 8.00. The number of aliphatic hydroxyl groups excluding tert-OH is 1. The van der Waals surface area contributed by atoms with Crippen LogP contribution < -0.4 is 15.8 Å². The van der Waals surface area contributed by atoms with Crippen molar-refractivity contribution in [1.82, 2.24) is 4.98 Å². The molecule has 4 N–H and O–H groups in total. The van der Waals surface area contributed by atoms with Gasteiger partial charge in [0.25, 0.3) is 0 Å². The van der Waals surface area contributed by atoms with Gasteiger partial charge < -0.3 is 25.7 Å². The van der Waals surface area contributed by atoms with Gasteiger partial charge in [-0.1, -0.05) is 48.0 Å². The molecular weight excluding hydrogens is 450 g/mol. The average Bonchev–Trinajstić information content (AvgIpc) is 2.82. The van der Waals surface area contributed by atoms with Gasteiger partial charge in [0.2, 0.25) is 0 Å². The average molecular weight is 486 g/mol. The molecule has 0 atom stereocenters. The number of rotatable bonds is 5. The molecule has 3 aromatic rings. The van der Waals surface area contributed by atoms with Crippen molar-refractivity contribution < 1.29 is 14.6 Å². The predicted molar refractivity (Wildman–Crippen MR) is 145 cm³/mol. The van der Waals surface area contributed by atoms with Crippen LogP contribution in [0, 0.1) is 6.92 Å². The Morgan fingerprint density at radius 1 is 1.18 bits per heavy atom. The van der Waals surface area contributed by atoms with E-state index in [-0.39, 0.29) is 12.7 Å². The molecule has 0 aliphatic rings. The molecule has 0 fully saturated rings. The number of benzene rings is 2. The number of ether oxygens (including phenoxy) is 1. The van der Waals surface area contributed by atoms with Crippen molar-refractivity contribution in [2.75, 3.05) is 24.7 Å². The van der Waals surface area contributed by atoms with E-state index in [4.69, 9.17) is 32.0 Å². The summed E-state index contributed by atoms with van der Waals surface area (Å²) in [6.45, 7) is 14.1. The van der Waals surface area contributed by atoms with Gasteiger partial charge in [-0.25, -0.2) is 0 Å². The summed E-state index contributed by atoms with van der Waals surface area (Å²) in [4.78, 5) is 12.3. The van der Waals surface area contributed by atoms with Gasteiger partial charge in [0.05, 0.1) is 22.5 Å². The van der Waals surface area contributed by atoms with E-state index in [9.17, 15) is 0 Å². The van der Waals surface area contributed by atoms with Crippen LogP contribution in [0.2, 0.25) is 5.02 Å². The Balaban J connectivity index is 0.000000581. The molecule has 184 valence electrons. The summed E-state index contributed by atoms with van der Waals surface area (Å²) in [5.41, 5.74) is 11.1. The van der Waals surface area contributed by atoms with Crippen LogP contribution in [-0.2, 0) is 4.79 Å². The van der Waals surface area contributed by atoms with Crippen molar-refractivity contribution in [1.29, 1.82) is 0 Å². The number of nitrogens with zero attached hydrogens (tertiary/aromatic N) is 1. The number of pyridine rings is 1. The van der Waals surface area contributed by atoms with Crippen LogP contribution in [0.15, 0.2) is 67.4 Å². The van der Waals surface area contributed by atoms with Gasteiger partial charge >= 0.3 is 0 Å². The van der Waals surface area contributed by atoms with E-state index in [0.29, 0.717) is 10.7 Å². The van der Waals surface area contributed by atoms with Gasteiger partial charge in [-0.05, 0) is 63.6 Å². The van der Waals surface area contributed by atoms with Gasteiger partial charge in [-0.3, -0.25) is 4.98 Å². The van der Waals surface area contributed by atoms with Crippen molar-refractivity contribution in [3.05, 3.63) is 89.2 Å². The molecule has 3 rings (SSSR count). The molecule has 0 amide bonds. The predicted octanol–water partition coefficient (Wildman–Crippen LogP) is 6.02. The Labute approximate surface area is 208 Å². The van der Waals surface area contributed by atoms with E-state index in [1.165, 1.54) is 5.56 Å². The number of aromatic nitrogens is 1. The highest BCUT2D eigenvalue weighted by atomic mass is 35.5. The van der Waals surface area contributed by atoms with E-state index in [1.54, 1.807) is 13.1 Å². The number of carbonyl (C=O) groups excluding carboxylic acids is 1. The van der Waals surface area contributed by atoms with Crippen molar-refractivity contribution in [3.8, 4) is 5.75 Å². The molecule has 0 saturated carbocycles. The molecular formula is C27H36ClN3O3. The number of anilines is 2. The number of nitrogens with one attached hydrogen (secondary N) is 1. The molecule has 2 aromatic carbocycles. The van der Waals surface area contributed by atoms with Gasteiger partial charge in [-0.15, -0.1) is 0 Å². The van der Waals surface area contributed by atoms with Crippen LogP contribution in [0.1, 0.15) is 37.6 Å². The molecule has 0 aliphatic carbocycles. The zero-order valence-corrected chi connectivity index (χ0v) is 21.4. The van der Waals surface area contributed by atoms with E-state index in [0.717, 1.165) is 28.3 Å². The zero-order chi connectivity index (χ0) is 26.1. The van der Waals surface area contributed by atoms with Gasteiger partial charge in [0, 0.05) is 31.1 Å². The molecule has 0 bridgehead atoms. The van der Waals surface area contributed by atoms with Gasteiger partial charge in [-0.2, -0.15) is 0 Å². The van der Waals surface area contributed by atoms with Crippen LogP contribution in [0.3, 0.4) is 0 Å². The lowest BCUT2D eigenvalue weighted by molar-refractivity contribution is -0.0980. The van der Waals surface area contributed by atoms with Crippen LogP contribution >= 0.6 is 11.6 Å². The molecule has 0 saturated heterocycles. The second-order valence-electron chi connectivity index (χ2n) is 7.20. The van der Waals surface area contributed by atoms with Gasteiger partial charge in [0.1, 0.15) is 12.5 Å². The summed E-state index contributed by atoms with van der Waals surface area (Å²) < 4.78 is 5.47. The lowest BCUT2D eigenvalue weighted by Gasteiger charge is -2.11. The summed E-state index contributed by atoms with van der Waals surface area (Å²) >= 11 is 5.92. The third-order valence-corrected chi connectivity index (χ3v) is 4.24. The number of hydrogen-bond donors (Lipinski definition) is 3. The van der Waals surface area contributed by atoms with E-state index in [2.05, 4.69) is 35.9 Å². The minimum Gasteiger partial charge on any atom is -0.491 e. The number of nitrogen functional groups attached to an aromatic ring is 1. The number of nitrogens with two attached hydrogens (primary N) is 1. The third kappa shape index (κ3) is 11.5. The summed E-state index contributed by atoms with van der Waals surface area (Å²) in [5, 5.41) is 11.2. The summed E-state index contributed by atoms with van der Waals surface area (Å²) in [6, 6.07) is 17.5. The van der Waals surface area contributed by atoms with Crippen molar-refractivity contribution in [2.24, 2.45) is 0 Å². The van der Waals surface area contributed by atoms with Crippen molar-refractivity contribution in [2.45, 2.75) is 33.8 Å². The molecule has 0 radical (unpaired) electrons. The summed E-state index contributed by atoms with van der Waals surface area (Å²) in [6.07, 6.45) is 1.87. The molecule has 0 aliphatic heterocycles. The first-order valence-electron chi connectivity index (χ1n) is 10.7. The minimum atomic E-state index is 0.250. The molecule has 34 heavy (non-hydrogen) atoms. The maximum Gasteiger partial charge on any atom is 0.119 e. The Morgan fingerprint density at radius 3 is 2.26 bits per heavy atom. The third-order valence-electron chi connectivity index (χ3n) is 4.04. The lowest BCUT2D eigenvalue weighted by atomic mass is 10.0. The highest BCUT2D eigenvalue weighted by molar-refractivity contribution is 6.30. The second kappa shape index (κ2) is 17.2. The topological polar surface area (TPSA) is 97.5 Å². The number of hydrogen-bond acceptors (Lipinski definition) is 6. The Bertz CT molecular complexity index is 993. The van der Waals surface area contributed by atoms with Crippen LogP contribution in [0.5, 0.6) is 5.75 Å². The smallest absolute Gasteiger partial charge is 0.119 e. The summed E-state index contributed by atoms with van der Waals surface area (Å²) in [5.74, 6) is 0.950. The number of carbonyl (C=O) groups is 1. The van der Waals surface area contributed by atoms with Gasteiger partial charge in [0.15, 0.2) is 0 Å². The monoisotopic (exact) mass is 485 g/mol. The molecule has 6 nitrogen and oxygen atoms in total. The highest BCUT2D eigenvalue weighted by Crippen LogP contribution is 2.28. The lowest BCUT2D eigenvalue weighted by Crippen LogP contribution is -2.05. The highest BCUT2D eigenvalue weighted by Gasteiger charge is 2.09. The Hall–Kier alpha value is -3.35. The molecule has 0 unspecified atom stereocenters. The van der Waals surface area contributed by atoms with Crippen molar-refractivity contribution >= 4 is 35.3 Å². The second-order valence-corrected chi connectivity index (χ2v) is 7.64. The fourth-order valence-corrected chi connectivity index (χ4v) is 2.78. The Morgan fingerprint density at radius 2 is 1.76 bits per heavy atom. The largest absolute Gasteiger partial charge is 0.491 e. The minimum absolute atomic E-state index is 0.250. The first-order chi connectivity index (χ1) is 16.2. The molecule has 7 heteroatoms. The first-order valence-corrected chi connectivity index (χ1v) is 11.1.